The van der Waals surface area contributed by atoms with E-state index in [1.165, 1.54) is 0 Å². The van der Waals surface area contributed by atoms with Gasteiger partial charge in [-0.3, -0.25) is 0 Å². The third-order valence-electron chi connectivity index (χ3n) is 3.57. The first kappa shape index (κ1) is 15.3. The van der Waals surface area contributed by atoms with Gasteiger partial charge in [0.1, 0.15) is 0 Å². The van der Waals surface area contributed by atoms with E-state index in [0.29, 0.717) is 23.9 Å². The zero-order chi connectivity index (χ0) is 14.8. The summed E-state index contributed by atoms with van der Waals surface area (Å²) in [6.07, 6.45) is 2.00. The number of fused-ring (bicyclic) bond motifs is 1. The Balaban J connectivity index is 2.33. The monoisotopic (exact) mass is 296 g/mol. The van der Waals surface area contributed by atoms with E-state index in [9.17, 15) is 8.42 Å². The molecule has 0 saturated heterocycles. The predicted octanol–water partition coefficient (Wildman–Crippen LogP) is 2.71. The molecule has 0 aliphatic carbocycles. The summed E-state index contributed by atoms with van der Waals surface area (Å²) in [5.41, 5.74) is 2.18. The van der Waals surface area contributed by atoms with E-state index in [1.54, 1.807) is 10.4 Å². The Bertz CT molecular complexity index is 567. The van der Waals surface area contributed by atoms with E-state index in [2.05, 4.69) is 5.32 Å². The van der Waals surface area contributed by atoms with Crippen molar-refractivity contribution >= 4 is 15.7 Å². The van der Waals surface area contributed by atoms with Gasteiger partial charge < -0.3 is 5.32 Å². The zero-order valence-electron chi connectivity index (χ0n) is 12.5. The molecule has 0 saturated carbocycles. The number of anilines is 1. The van der Waals surface area contributed by atoms with Crippen molar-refractivity contribution in [2.24, 2.45) is 5.92 Å². The maximum Gasteiger partial charge on any atom is 0.243 e. The van der Waals surface area contributed by atoms with E-state index >= 15 is 0 Å². The van der Waals surface area contributed by atoms with E-state index in [0.717, 1.165) is 30.6 Å². The van der Waals surface area contributed by atoms with Crippen LogP contribution in [0.2, 0.25) is 0 Å². The van der Waals surface area contributed by atoms with Gasteiger partial charge in [-0.1, -0.05) is 20.8 Å². The molecule has 20 heavy (non-hydrogen) atoms. The Kier molecular flexibility index (Phi) is 4.70. The summed E-state index contributed by atoms with van der Waals surface area (Å²) in [4.78, 5) is 0.419. The molecule has 1 aliphatic rings. The van der Waals surface area contributed by atoms with Crippen LogP contribution in [0.3, 0.4) is 0 Å². The maximum atomic E-state index is 12.7. The number of rotatable bonds is 5. The standard InChI is InChI=1S/C15H24N2O2S/c1-4-17(11-12(2)3)20(18,19)14-7-8-15-13(10-14)6-5-9-16-15/h7-8,10,12,16H,4-6,9,11H2,1-3H3. The van der Waals surface area contributed by atoms with Crippen molar-refractivity contribution in [2.45, 2.75) is 38.5 Å². The number of nitrogens with one attached hydrogen (secondary N) is 1. The van der Waals surface area contributed by atoms with Crippen molar-refractivity contribution in [1.29, 1.82) is 0 Å². The summed E-state index contributed by atoms with van der Waals surface area (Å²) in [6, 6.07) is 5.44. The summed E-state index contributed by atoms with van der Waals surface area (Å²) in [5, 5.41) is 3.31. The molecule has 1 aromatic rings. The van der Waals surface area contributed by atoms with Gasteiger partial charge in [-0.25, -0.2) is 8.42 Å². The Labute approximate surface area is 122 Å². The molecular formula is C15H24N2O2S. The molecule has 0 fully saturated rings. The van der Waals surface area contributed by atoms with Gasteiger partial charge in [-0.15, -0.1) is 0 Å². The van der Waals surface area contributed by atoms with Gasteiger partial charge in [0, 0.05) is 25.3 Å². The highest BCUT2D eigenvalue weighted by Gasteiger charge is 2.24. The van der Waals surface area contributed by atoms with Crippen LogP contribution in [0, 0.1) is 5.92 Å². The fourth-order valence-corrected chi connectivity index (χ4v) is 4.23. The van der Waals surface area contributed by atoms with Crippen molar-refractivity contribution in [3.63, 3.8) is 0 Å². The average Bonchev–Trinajstić information content (AvgIpc) is 2.43. The maximum absolute atomic E-state index is 12.7. The fraction of sp³-hybridized carbons (Fsp3) is 0.600. The van der Waals surface area contributed by atoms with Crippen LogP contribution < -0.4 is 5.32 Å². The molecule has 0 amide bonds. The van der Waals surface area contributed by atoms with Gasteiger partial charge >= 0.3 is 0 Å². The normalized spacial score (nSPS) is 15.2. The zero-order valence-corrected chi connectivity index (χ0v) is 13.3. The van der Waals surface area contributed by atoms with Gasteiger partial charge in [0.25, 0.3) is 0 Å². The molecule has 0 spiro atoms. The molecule has 1 aliphatic heterocycles. The van der Waals surface area contributed by atoms with Crippen LogP contribution in [-0.4, -0.2) is 32.4 Å². The highest BCUT2D eigenvalue weighted by Crippen LogP contribution is 2.26. The van der Waals surface area contributed by atoms with E-state index < -0.39 is 10.0 Å². The number of aryl methyl sites for hydroxylation is 1. The molecule has 0 atom stereocenters. The average molecular weight is 296 g/mol. The minimum Gasteiger partial charge on any atom is -0.385 e. The van der Waals surface area contributed by atoms with Crippen molar-refractivity contribution in [1.82, 2.24) is 4.31 Å². The number of benzene rings is 1. The first-order valence-electron chi connectivity index (χ1n) is 7.32. The molecule has 0 bridgehead atoms. The van der Waals surface area contributed by atoms with Gasteiger partial charge in [0.2, 0.25) is 10.0 Å². The second-order valence-electron chi connectivity index (χ2n) is 5.70. The topological polar surface area (TPSA) is 49.4 Å². The van der Waals surface area contributed by atoms with Crippen LogP contribution in [0.15, 0.2) is 23.1 Å². The molecule has 1 heterocycles. The molecule has 5 heteroatoms. The van der Waals surface area contributed by atoms with Crippen molar-refractivity contribution in [3.8, 4) is 0 Å². The number of hydrogen-bond donors (Lipinski definition) is 1. The highest BCUT2D eigenvalue weighted by atomic mass is 32.2. The van der Waals surface area contributed by atoms with Gasteiger partial charge in [0.05, 0.1) is 4.90 Å². The van der Waals surface area contributed by atoms with Gasteiger partial charge in [-0.05, 0) is 42.5 Å². The Hall–Kier alpha value is -1.07. The van der Waals surface area contributed by atoms with Gasteiger partial charge in [0.15, 0.2) is 0 Å². The van der Waals surface area contributed by atoms with E-state index in [-0.39, 0.29) is 0 Å². The Morgan fingerprint density at radius 3 is 2.75 bits per heavy atom. The molecule has 112 valence electrons. The lowest BCUT2D eigenvalue weighted by atomic mass is 10.0. The first-order valence-corrected chi connectivity index (χ1v) is 8.76. The highest BCUT2D eigenvalue weighted by molar-refractivity contribution is 7.89. The quantitative estimate of drug-likeness (QED) is 0.909. The second-order valence-corrected chi connectivity index (χ2v) is 7.64. The number of nitrogens with zero attached hydrogens (tertiary/aromatic N) is 1. The summed E-state index contributed by atoms with van der Waals surface area (Å²) in [5.74, 6) is 0.323. The molecule has 0 unspecified atom stereocenters. The first-order chi connectivity index (χ1) is 9.45. The summed E-state index contributed by atoms with van der Waals surface area (Å²) in [7, 11) is -3.37. The van der Waals surface area contributed by atoms with Crippen molar-refractivity contribution in [3.05, 3.63) is 23.8 Å². The number of hydrogen-bond acceptors (Lipinski definition) is 3. The van der Waals surface area contributed by atoms with Gasteiger partial charge in [-0.2, -0.15) is 4.31 Å². The minimum absolute atomic E-state index is 0.323. The largest absolute Gasteiger partial charge is 0.385 e. The predicted molar refractivity (Wildman–Crippen MR) is 82.5 cm³/mol. The number of sulfonamides is 1. The fourth-order valence-electron chi connectivity index (χ4n) is 2.57. The van der Waals surface area contributed by atoms with E-state index in [1.807, 2.05) is 32.9 Å². The Morgan fingerprint density at radius 1 is 1.35 bits per heavy atom. The van der Waals surface area contributed by atoms with Crippen LogP contribution >= 0.6 is 0 Å². The second kappa shape index (κ2) is 6.14. The molecule has 1 N–H and O–H groups in total. The molecular weight excluding hydrogens is 272 g/mol. The minimum atomic E-state index is -3.37. The Morgan fingerprint density at radius 2 is 2.10 bits per heavy atom. The molecule has 1 aromatic carbocycles. The summed E-state index contributed by atoms with van der Waals surface area (Å²) < 4.78 is 26.9. The smallest absolute Gasteiger partial charge is 0.243 e. The molecule has 0 radical (unpaired) electrons. The lowest BCUT2D eigenvalue weighted by molar-refractivity contribution is 0.381. The molecule has 4 nitrogen and oxygen atoms in total. The van der Waals surface area contributed by atoms with Crippen LogP contribution in [0.4, 0.5) is 5.69 Å². The van der Waals surface area contributed by atoms with Crippen LogP contribution in [0.5, 0.6) is 0 Å². The van der Waals surface area contributed by atoms with Crippen molar-refractivity contribution in [2.75, 3.05) is 25.0 Å². The van der Waals surface area contributed by atoms with Crippen LogP contribution in [0.1, 0.15) is 32.8 Å². The van der Waals surface area contributed by atoms with Crippen LogP contribution in [-0.2, 0) is 16.4 Å². The SMILES string of the molecule is CCN(CC(C)C)S(=O)(=O)c1ccc2c(c1)CCCN2. The summed E-state index contributed by atoms with van der Waals surface area (Å²) >= 11 is 0. The third kappa shape index (κ3) is 3.15. The third-order valence-corrected chi connectivity index (χ3v) is 5.51. The van der Waals surface area contributed by atoms with Crippen LogP contribution in [0.25, 0.3) is 0 Å². The lowest BCUT2D eigenvalue weighted by Crippen LogP contribution is -2.34. The van der Waals surface area contributed by atoms with Crippen molar-refractivity contribution < 1.29 is 8.42 Å². The molecule has 0 aromatic heterocycles. The summed E-state index contributed by atoms with van der Waals surface area (Å²) in [6.45, 7) is 8.00. The van der Waals surface area contributed by atoms with E-state index in [4.69, 9.17) is 0 Å². The molecule has 2 rings (SSSR count). The lowest BCUT2D eigenvalue weighted by Gasteiger charge is -2.24.